The van der Waals surface area contributed by atoms with Gasteiger partial charge in [0.25, 0.3) is 0 Å². The largest absolute Gasteiger partial charge is 0.327 e. The van der Waals surface area contributed by atoms with Crippen molar-refractivity contribution in [2.75, 3.05) is 18.9 Å². The number of hydrogen-bond acceptors (Lipinski definition) is 3. The van der Waals surface area contributed by atoms with E-state index in [2.05, 4.69) is 20.5 Å². The molecule has 0 radical (unpaired) electrons. The number of hydrogen-bond donors (Lipinski definition) is 2. The number of pyridine rings is 1. The molecule has 0 spiro atoms. The third kappa shape index (κ3) is 3.77. The summed E-state index contributed by atoms with van der Waals surface area (Å²) in [7, 11) is 1.71. The Hall–Kier alpha value is -2.44. The van der Waals surface area contributed by atoms with Gasteiger partial charge in [0.15, 0.2) is 0 Å². The van der Waals surface area contributed by atoms with Crippen LogP contribution in [0.5, 0.6) is 0 Å². The van der Waals surface area contributed by atoms with Crippen molar-refractivity contribution < 1.29 is 9.18 Å². The second-order valence-corrected chi connectivity index (χ2v) is 4.88. The average molecular weight is 291 g/mol. The highest BCUT2D eigenvalue weighted by molar-refractivity contribution is 5.88. The van der Waals surface area contributed by atoms with Crippen LogP contribution in [0.1, 0.15) is 17.0 Å². The van der Waals surface area contributed by atoms with Gasteiger partial charge in [0.05, 0.1) is 17.6 Å². The number of carbonyl (C=O) groups excluding carboxylic acids is 1. The first-order valence-corrected chi connectivity index (χ1v) is 6.61. The molecule has 0 bridgehead atoms. The summed E-state index contributed by atoms with van der Waals surface area (Å²) < 4.78 is 12.7. The van der Waals surface area contributed by atoms with E-state index in [1.54, 1.807) is 11.9 Å². The monoisotopic (exact) mass is 291 g/mol. The van der Waals surface area contributed by atoms with Gasteiger partial charge in [-0.25, -0.2) is 9.78 Å². The van der Waals surface area contributed by atoms with Crippen molar-refractivity contribution in [3.63, 3.8) is 0 Å². The summed E-state index contributed by atoms with van der Waals surface area (Å²) in [6.45, 7) is 4.45. The normalized spacial score (nSPS) is 10.5. The van der Waals surface area contributed by atoms with E-state index in [1.165, 1.54) is 18.3 Å². The van der Waals surface area contributed by atoms with Crippen LogP contribution in [0.15, 0.2) is 18.3 Å². The zero-order valence-corrected chi connectivity index (χ0v) is 12.3. The van der Waals surface area contributed by atoms with Crippen molar-refractivity contribution in [3.05, 3.63) is 41.2 Å². The highest BCUT2D eigenvalue weighted by Gasteiger charge is 2.12. The number of anilines is 1. The van der Waals surface area contributed by atoms with Crippen molar-refractivity contribution in [2.45, 2.75) is 20.3 Å². The van der Waals surface area contributed by atoms with E-state index < -0.39 is 5.95 Å². The SMILES string of the molecule is Cc1n[nH]c(C)c1CCN(C)C(=O)Nc1ccc(F)nc1. The number of likely N-dealkylation sites (N-methyl/N-ethyl adjacent to an activating group) is 1. The van der Waals surface area contributed by atoms with Gasteiger partial charge in [0.1, 0.15) is 0 Å². The number of amides is 2. The molecule has 0 aliphatic carbocycles. The number of aromatic amines is 1. The molecule has 0 unspecified atom stereocenters. The minimum Gasteiger partial charge on any atom is -0.327 e. The fourth-order valence-electron chi connectivity index (χ4n) is 1.99. The maximum Gasteiger partial charge on any atom is 0.321 e. The molecular weight excluding hydrogens is 273 g/mol. The summed E-state index contributed by atoms with van der Waals surface area (Å²) in [6, 6.07) is 2.41. The smallest absolute Gasteiger partial charge is 0.321 e. The number of H-pyrrole nitrogens is 1. The minimum atomic E-state index is -0.577. The van der Waals surface area contributed by atoms with E-state index in [0.29, 0.717) is 12.2 Å². The van der Waals surface area contributed by atoms with Crippen LogP contribution in [-0.4, -0.2) is 39.7 Å². The van der Waals surface area contributed by atoms with Gasteiger partial charge < -0.3 is 10.2 Å². The van der Waals surface area contributed by atoms with Gasteiger partial charge >= 0.3 is 6.03 Å². The Balaban J connectivity index is 1.89. The summed E-state index contributed by atoms with van der Waals surface area (Å²) in [6.07, 6.45) is 2.01. The van der Waals surface area contributed by atoms with Crippen LogP contribution in [0.4, 0.5) is 14.9 Å². The molecule has 0 aliphatic heterocycles. The Morgan fingerprint density at radius 1 is 1.43 bits per heavy atom. The van der Waals surface area contributed by atoms with Crippen molar-refractivity contribution >= 4 is 11.7 Å². The molecule has 2 aromatic rings. The van der Waals surface area contributed by atoms with E-state index in [-0.39, 0.29) is 6.03 Å². The van der Waals surface area contributed by atoms with Gasteiger partial charge in [-0.3, -0.25) is 5.10 Å². The highest BCUT2D eigenvalue weighted by atomic mass is 19.1. The summed E-state index contributed by atoms with van der Waals surface area (Å²) in [5.41, 5.74) is 3.55. The minimum absolute atomic E-state index is 0.262. The molecule has 0 atom stereocenters. The van der Waals surface area contributed by atoms with Crippen LogP contribution in [0.3, 0.4) is 0 Å². The molecule has 112 valence electrons. The third-order valence-corrected chi connectivity index (χ3v) is 3.30. The Morgan fingerprint density at radius 2 is 2.19 bits per heavy atom. The predicted octanol–water partition coefficient (Wildman–Crippen LogP) is 2.27. The van der Waals surface area contributed by atoms with Crippen LogP contribution in [0.25, 0.3) is 0 Å². The lowest BCUT2D eigenvalue weighted by atomic mass is 10.1. The molecule has 0 aliphatic rings. The third-order valence-electron chi connectivity index (χ3n) is 3.30. The van der Waals surface area contributed by atoms with Crippen molar-refractivity contribution in [2.24, 2.45) is 0 Å². The number of urea groups is 1. The fourth-order valence-corrected chi connectivity index (χ4v) is 1.99. The van der Waals surface area contributed by atoms with Crippen LogP contribution in [0.2, 0.25) is 0 Å². The predicted molar refractivity (Wildman–Crippen MR) is 77.6 cm³/mol. The topological polar surface area (TPSA) is 73.9 Å². The zero-order chi connectivity index (χ0) is 15.4. The molecule has 2 heterocycles. The number of nitrogens with zero attached hydrogens (tertiary/aromatic N) is 3. The quantitative estimate of drug-likeness (QED) is 0.849. The van der Waals surface area contributed by atoms with Gasteiger partial charge in [-0.2, -0.15) is 9.49 Å². The molecule has 2 aromatic heterocycles. The Morgan fingerprint density at radius 3 is 2.76 bits per heavy atom. The first kappa shape index (κ1) is 15.0. The lowest BCUT2D eigenvalue weighted by Gasteiger charge is -2.18. The average Bonchev–Trinajstić information content (AvgIpc) is 2.78. The second kappa shape index (κ2) is 6.34. The summed E-state index contributed by atoms with van der Waals surface area (Å²) in [5.74, 6) is -0.577. The van der Waals surface area contributed by atoms with E-state index in [9.17, 15) is 9.18 Å². The standard InChI is InChI=1S/C14H18FN5O/c1-9-12(10(2)19-18-9)6-7-20(3)14(21)17-11-4-5-13(15)16-8-11/h4-5,8H,6-7H2,1-3H3,(H,17,21)(H,18,19). The number of aromatic nitrogens is 3. The molecule has 0 fully saturated rings. The van der Waals surface area contributed by atoms with Crippen LogP contribution in [0, 0.1) is 19.8 Å². The Bertz CT molecular complexity index is 603. The zero-order valence-electron chi connectivity index (χ0n) is 12.3. The van der Waals surface area contributed by atoms with Crippen LogP contribution < -0.4 is 5.32 Å². The van der Waals surface area contributed by atoms with Crippen molar-refractivity contribution in [1.82, 2.24) is 20.1 Å². The molecule has 7 heteroatoms. The number of nitrogens with one attached hydrogen (secondary N) is 2. The maximum absolute atomic E-state index is 12.7. The van der Waals surface area contributed by atoms with E-state index in [4.69, 9.17) is 0 Å². The molecule has 0 saturated carbocycles. The van der Waals surface area contributed by atoms with Crippen LogP contribution in [-0.2, 0) is 6.42 Å². The number of rotatable bonds is 4. The lowest BCUT2D eigenvalue weighted by molar-refractivity contribution is 0.223. The Kier molecular flexibility index (Phi) is 4.52. The summed E-state index contributed by atoms with van der Waals surface area (Å²) in [4.78, 5) is 17.1. The van der Waals surface area contributed by atoms with Gasteiger partial charge in [-0.1, -0.05) is 0 Å². The van der Waals surface area contributed by atoms with E-state index in [0.717, 1.165) is 23.4 Å². The lowest BCUT2D eigenvalue weighted by Crippen LogP contribution is -2.33. The van der Waals surface area contributed by atoms with Gasteiger partial charge in [-0.15, -0.1) is 0 Å². The van der Waals surface area contributed by atoms with E-state index in [1.807, 2.05) is 13.8 Å². The van der Waals surface area contributed by atoms with Gasteiger partial charge in [0, 0.05) is 19.3 Å². The molecule has 0 aromatic carbocycles. The first-order chi connectivity index (χ1) is 9.97. The van der Waals surface area contributed by atoms with Gasteiger partial charge in [-0.05, 0) is 38.0 Å². The number of halogens is 1. The summed E-state index contributed by atoms with van der Waals surface area (Å²) >= 11 is 0. The molecule has 6 nitrogen and oxygen atoms in total. The van der Waals surface area contributed by atoms with Crippen LogP contribution >= 0.6 is 0 Å². The molecule has 2 rings (SSSR count). The Labute approximate surface area is 122 Å². The molecule has 2 amide bonds. The summed E-state index contributed by atoms with van der Waals surface area (Å²) in [5, 5.41) is 9.71. The molecule has 21 heavy (non-hydrogen) atoms. The van der Waals surface area contributed by atoms with E-state index >= 15 is 0 Å². The molecular formula is C14H18FN5O. The van der Waals surface area contributed by atoms with Crippen molar-refractivity contribution in [1.29, 1.82) is 0 Å². The number of carbonyl (C=O) groups is 1. The maximum atomic E-state index is 12.7. The fraction of sp³-hybridized carbons (Fsp3) is 0.357. The van der Waals surface area contributed by atoms with Gasteiger partial charge in [0.2, 0.25) is 5.95 Å². The number of aryl methyl sites for hydroxylation is 2. The molecule has 2 N–H and O–H groups in total. The first-order valence-electron chi connectivity index (χ1n) is 6.61. The van der Waals surface area contributed by atoms with Crippen molar-refractivity contribution in [3.8, 4) is 0 Å². The second-order valence-electron chi connectivity index (χ2n) is 4.88. The molecule has 0 saturated heterocycles. The highest BCUT2D eigenvalue weighted by Crippen LogP contribution is 2.11.